The molecule has 0 unspecified atom stereocenters. The number of rotatable bonds is 7. The molecule has 124 valence electrons. The number of hydrogen-bond acceptors (Lipinski definition) is 3. The van der Waals surface area contributed by atoms with Gasteiger partial charge in [-0.2, -0.15) is 5.10 Å². The van der Waals surface area contributed by atoms with E-state index in [1.54, 1.807) is 30.3 Å². The molecule has 0 aliphatic heterocycles. The van der Waals surface area contributed by atoms with Crippen molar-refractivity contribution >= 4 is 11.6 Å². The van der Waals surface area contributed by atoms with Crippen LogP contribution in [0.25, 0.3) is 0 Å². The standard InChI is InChI=1S/C20H22N2O2/c1-4-14-24-18-12-10-17(11-13-18)20(23)22-21-19(15(2)3)16-8-6-5-7-9-16/h4-13,15H,1,14H2,2-3H3,(H,22,23). The van der Waals surface area contributed by atoms with Crippen molar-refractivity contribution in [2.75, 3.05) is 6.61 Å². The SMILES string of the molecule is C=CCOc1ccc(C(=O)NN=C(c2ccccc2)C(C)C)cc1. The fraction of sp³-hybridized carbons (Fsp3) is 0.200. The predicted molar refractivity (Wildman–Crippen MR) is 97.4 cm³/mol. The molecule has 2 rings (SSSR count). The summed E-state index contributed by atoms with van der Waals surface area (Å²) >= 11 is 0. The molecule has 0 atom stereocenters. The highest BCUT2D eigenvalue weighted by molar-refractivity contribution is 6.03. The number of nitrogens with zero attached hydrogens (tertiary/aromatic N) is 1. The van der Waals surface area contributed by atoms with Gasteiger partial charge in [0, 0.05) is 5.56 Å². The third kappa shape index (κ3) is 4.81. The normalized spacial score (nSPS) is 11.2. The first-order valence-electron chi connectivity index (χ1n) is 7.89. The summed E-state index contributed by atoms with van der Waals surface area (Å²) in [4.78, 5) is 12.3. The zero-order valence-corrected chi connectivity index (χ0v) is 14.0. The van der Waals surface area contributed by atoms with E-state index in [0.29, 0.717) is 17.9 Å². The maximum atomic E-state index is 12.3. The Labute approximate surface area is 142 Å². The van der Waals surface area contributed by atoms with Gasteiger partial charge in [0.25, 0.3) is 5.91 Å². The second kappa shape index (κ2) is 8.67. The zero-order chi connectivity index (χ0) is 17.4. The lowest BCUT2D eigenvalue weighted by Crippen LogP contribution is -2.22. The molecular weight excluding hydrogens is 300 g/mol. The highest BCUT2D eigenvalue weighted by atomic mass is 16.5. The number of hydrazone groups is 1. The summed E-state index contributed by atoms with van der Waals surface area (Å²) < 4.78 is 5.40. The van der Waals surface area contributed by atoms with Crippen molar-refractivity contribution < 1.29 is 9.53 Å². The van der Waals surface area contributed by atoms with E-state index in [1.807, 2.05) is 44.2 Å². The number of ether oxygens (including phenoxy) is 1. The molecule has 0 fully saturated rings. The van der Waals surface area contributed by atoms with E-state index in [0.717, 1.165) is 11.3 Å². The van der Waals surface area contributed by atoms with Gasteiger partial charge in [-0.15, -0.1) is 0 Å². The fourth-order valence-corrected chi connectivity index (χ4v) is 2.17. The molecule has 1 amide bonds. The van der Waals surface area contributed by atoms with Gasteiger partial charge in [-0.25, -0.2) is 5.43 Å². The molecule has 0 aliphatic carbocycles. The van der Waals surface area contributed by atoms with Gasteiger partial charge in [-0.1, -0.05) is 56.8 Å². The Morgan fingerprint density at radius 3 is 2.38 bits per heavy atom. The smallest absolute Gasteiger partial charge is 0.271 e. The quantitative estimate of drug-likeness (QED) is 0.475. The molecule has 0 saturated carbocycles. The highest BCUT2D eigenvalue weighted by Crippen LogP contribution is 2.13. The topological polar surface area (TPSA) is 50.7 Å². The van der Waals surface area contributed by atoms with Crippen LogP contribution >= 0.6 is 0 Å². The van der Waals surface area contributed by atoms with Crippen molar-refractivity contribution in [1.29, 1.82) is 0 Å². The predicted octanol–water partition coefficient (Wildman–Crippen LogP) is 4.04. The van der Waals surface area contributed by atoms with E-state index >= 15 is 0 Å². The van der Waals surface area contributed by atoms with Crippen LogP contribution in [-0.4, -0.2) is 18.2 Å². The summed E-state index contributed by atoms with van der Waals surface area (Å²) in [6.07, 6.45) is 1.67. The molecule has 4 nitrogen and oxygen atoms in total. The number of carbonyl (C=O) groups is 1. The monoisotopic (exact) mass is 322 g/mol. The lowest BCUT2D eigenvalue weighted by Gasteiger charge is -2.11. The van der Waals surface area contributed by atoms with Gasteiger partial charge in [0.05, 0.1) is 5.71 Å². The van der Waals surface area contributed by atoms with Crippen molar-refractivity contribution in [3.63, 3.8) is 0 Å². The molecule has 0 saturated heterocycles. The van der Waals surface area contributed by atoms with Crippen LogP contribution in [0.4, 0.5) is 0 Å². The van der Waals surface area contributed by atoms with Crippen LogP contribution in [0.15, 0.2) is 72.4 Å². The number of amides is 1. The van der Waals surface area contributed by atoms with Crippen LogP contribution in [0.3, 0.4) is 0 Å². The van der Waals surface area contributed by atoms with Gasteiger partial charge in [-0.05, 0) is 35.7 Å². The Morgan fingerprint density at radius 1 is 1.12 bits per heavy atom. The third-order valence-electron chi connectivity index (χ3n) is 3.38. The first-order chi connectivity index (χ1) is 11.6. The van der Waals surface area contributed by atoms with Crippen LogP contribution in [0, 0.1) is 5.92 Å². The molecule has 0 bridgehead atoms. The highest BCUT2D eigenvalue weighted by Gasteiger charge is 2.10. The summed E-state index contributed by atoms with van der Waals surface area (Å²) in [5.74, 6) is 0.642. The van der Waals surface area contributed by atoms with Crippen molar-refractivity contribution in [2.45, 2.75) is 13.8 Å². The number of carbonyl (C=O) groups excluding carboxylic acids is 1. The fourth-order valence-electron chi connectivity index (χ4n) is 2.17. The van der Waals surface area contributed by atoms with Crippen LogP contribution in [0.1, 0.15) is 29.8 Å². The molecule has 0 heterocycles. The molecular formula is C20H22N2O2. The van der Waals surface area contributed by atoms with E-state index < -0.39 is 0 Å². The molecule has 2 aromatic carbocycles. The van der Waals surface area contributed by atoms with Crippen LogP contribution in [0.2, 0.25) is 0 Å². The summed E-state index contributed by atoms with van der Waals surface area (Å²) in [5.41, 5.74) is 5.01. The van der Waals surface area contributed by atoms with Crippen LogP contribution in [0.5, 0.6) is 5.75 Å². The van der Waals surface area contributed by atoms with E-state index in [9.17, 15) is 4.79 Å². The molecule has 0 aliphatic rings. The van der Waals surface area contributed by atoms with Gasteiger partial charge < -0.3 is 4.74 Å². The molecule has 1 N–H and O–H groups in total. The minimum Gasteiger partial charge on any atom is -0.490 e. The van der Waals surface area contributed by atoms with Gasteiger partial charge >= 0.3 is 0 Å². The number of hydrogen-bond donors (Lipinski definition) is 1. The Balaban J connectivity index is 2.08. The molecule has 0 radical (unpaired) electrons. The van der Waals surface area contributed by atoms with E-state index in [2.05, 4.69) is 17.1 Å². The third-order valence-corrected chi connectivity index (χ3v) is 3.38. The minimum atomic E-state index is -0.251. The van der Waals surface area contributed by atoms with Crippen molar-refractivity contribution in [2.24, 2.45) is 11.0 Å². The summed E-state index contributed by atoms with van der Waals surface area (Å²) in [6, 6.07) is 16.8. The Morgan fingerprint density at radius 2 is 1.79 bits per heavy atom. The van der Waals surface area contributed by atoms with E-state index in [1.165, 1.54) is 0 Å². The maximum absolute atomic E-state index is 12.3. The number of nitrogens with one attached hydrogen (secondary N) is 1. The average Bonchev–Trinajstić information content (AvgIpc) is 2.61. The van der Waals surface area contributed by atoms with Gasteiger partial charge in [0.2, 0.25) is 0 Å². The van der Waals surface area contributed by atoms with Gasteiger partial charge in [-0.3, -0.25) is 4.79 Å². The average molecular weight is 322 g/mol. The summed E-state index contributed by atoms with van der Waals surface area (Å²) in [6.45, 7) is 8.12. The van der Waals surface area contributed by atoms with Crippen LogP contribution < -0.4 is 10.2 Å². The van der Waals surface area contributed by atoms with Crippen molar-refractivity contribution in [3.05, 3.63) is 78.4 Å². The van der Waals surface area contributed by atoms with Crippen LogP contribution in [-0.2, 0) is 0 Å². The molecule has 0 spiro atoms. The zero-order valence-electron chi connectivity index (χ0n) is 14.0. The second-order valence-corrected chi connectivity index (χ2v) is 5.58. The minimum absolute atomic E-state index is 0.197. The molecule has 0 aromatic heterocycles. The lowest BCUT2D eigenvalue weighted by molar-refractivity contribution is 0.0954. The summed E-state index contributed by atoms with van der Waals surface area (Å²) in [7, 11) is 0. The molecule has 4 heteroatoms. The van der Waals surface area contributed by atoms with Crippen molar-refractivity contribution in [3.8, 4) is 5.75 Å². The number of benzene rings is 2. The summed E-state index contributed by atoms with van der Waals surface area (Å²) in [5, 5.41) is 4.31. The lowest BCUT2D eigenvalue weighted by atomic mass is 10.0. The van der Waals surface area contributed by atoms with E-state index in [-0.39, 0.29) is 11.8 Å². The van der Waals surface area contributed by atoms with Gasteiger partial charge in [0.15, 0.2) is 0 Å². The first-order valence-corrected chi connectivity index (χ1v) is 7.89. The Hall–Kier alpha value is -2.88. The Kier molecular flexibility index (Phi) is 6.32. The molecule has 2 aromatic rings. The second-order valence-electron chi connectivity index (χ2n) is 5.58. The Bertz CT molecular complexity index is 704. The first kappa shape index (κ1) is 17.5. The maximum Gasteiger partial charge on any atom is 0.271 e. The van der Waals surface area contributed by atoms with Gasteiger partial charge in [0.1, 0.15) is 12.4 Å². The van der Waals surface area contributed by atoms with Crippen molar-refractivity contribution in [1.82, 2.24) is 5.43 Å². The van der Waals surface area contributed by atoms with E-state index in [4.69, 9.17) is 4.74 Å². The molecule has 24 heavy (non-hydrogen) atoms. The largest absolute Gasteiger partial charge is 0.490 e.